The van der Waals surface area contributed by atoms with E-state index in [-0.39, 0.29) is 5.11 Å². The normalized spacial score (nSPS) is 10.7. The Bertz CT molecular complexity index is 1140. The van der Waals surface area contributed by atoms with E-state index < -0.39 is 5.91 Å². The van der Waals surface area contributed by atoms with Crippen LogP contribution in [0.2, 0.25) is 10.0 Å². The highest BCUT2D eigenvalue weighted by Gasteiger charge is 2.10. The van der Waals surface area contributed by atoms with Gasteiger partial charge in [-0.05, 0) is 60.8 Å². The SMILES string of the molecule is COc1ccc(OC)c(NC(=S)NC(=O)/C=C/c2ccc(-c3ccc(Cl)cc3Cl)o2)c1. The molecule has 31 heavy (non-hydrogen) atoms. The van der Waals surface area contributed by atoms with Gasteiger partial charge in [0.25, 0.3) is 0 Å². The molecular weight excluding hydrogens is 459 g/mol. The number of rotatable bonds is 6. The number of methoxy groups -OCH3 is 2. The number of carbonyl (C=O) groups excluding carboxylic acids is 1. The second kappa shape index (κ2) is 10.3. The van der Waals surface area contributed by atoms with Gasteiger partial charge in [-0.2, -0.15) is 0 Å². The van der Waals surface area contributed by atoms with Crippen LogP contribution in [0.5, 0.6) is 11.5 Å². The first kappa shape index (κ1) is 22.7. The molecule has 1 aromatic heterocycles. The lowest BCUT2D eigenvalue weighted by Gasteiger charge is -2.13. The molecule has 2 N–H and O–H groups in total. The number of thiocarbonyl (C=S) groups is 1. The van der Waals surface area contributed by atoms with Crippen molar-refractivity contribution in [2.75, 3.05) is 19.5 Å². The molecule has 0 aliphatic heterocycles. The van der Waals surface area contributed by atoms with E-state index in [1.807, 2.05) is 0 Å². The molecule has 2 aromatic carbocycles. The molecule has 6 nitrogen and oxygen atoms in total. The van der Waals surface area contributed by atoms with E-state index >= 15 is 0 Å². The first-order chi connectivity index (χ1) is 14.9. The Hall–Kier alpha value is -3.00. The van der Waals surface area contributed by atoms with Crippen LogP contribution in [0, 0.1) is 0 Å². The number of furan rings is 1. The number of anilines is 1. The van der Waals surface area contributed by atoms with Crippen LogP contribution in [-0.4, -0.2) is 25.2 Å². The number of hydrogen-bond donors (Lipinski definition) is 2. The minimum atomic E-state index is -0.429. The minimum absolute atomic E-state index is 0.106. The number of nitrogens with one attached hydrogen (secondary N) is 2. The Morgan fingerprint density at radius 2 is 1.87 bits per heavy atom. The Balaban J connectivity index is 1.62. The molecule has 3 rings (SSSR count). The van der Waals surface area contributed by atoms with Crippen molar-refractivity contribution in [3.63, 3.8) is 0 Å². The van der Waals surface area contributed by atoms with Gasteiger partial charge in [-0.15, -0.1) is 0 Å². The number of halogens is 2. The molecule has 3 aromatic rings. The Morgan fingerprint density at radius 1 is 1.06 bits per heavy atom. The summed E-state index contributed by atoms with van der Waals surface area (Å²) in [5.74, 6) is 1.78. The third-order valence-electron chi connectivity index (χ3n) is 4.11. The topological polar surface area (TPSA) is 72.7 Å². The molecule has 0 aliphatic carbocycles. The summed E-state index contributed by atoms with van der Waals surface area (Å²) in [6.07, 6.45) is 2.83. The van der Waals surface area contributed by atoms with E-state index in [4.69, 9.17) is 49.3 Å². The van der Waals surface area contributed by atoms with Crippen molar-refractivity contribution in [2.24, 2.45) is 0 Å². The monoisotopic (exact) mass is 476 g/mol. The third-order valence-corrected chi connectivity index (χ3v) is 4.87. The molecular formula is C22H18Cl2N2O4S. The van der Waals surface area contributed by atoms with E-state index in [0.29, 0.717) is 44.3 Å². The van der Waals surface area contributed by atoms with Crippen LogP contribution in [0.15, 0.2) is 59.0 Å². The van der Waals surface area contributed by atoms with Crippen molar-refractivity contribution in [1.82, 2.24) is 5.32 Å². The number of amides is 1. The van der Waals surface area contributed by atoms with Crippen LogP contribution >= 0.6 is 35.4 Å². The average molecular weight is 477 g/mol. The summed E-state index contributed by atoms with van der Waals surface area (Å²) >= 11 is 17.3. The molecule has 1 amide bonds. The van der Waals surface area contributed by atoms with Crippen molar-refractivity contribution in [1.29, 1.82) is 0 Å². The van der Waals surface area contributed by atoms with Gasteiger partial charge in [0.1, 0.15) is 23.0 Å². The molecule has 0 aliphatic rings. The summed E-state index contributed by atoms with van der Waals surface area (Å²) < 4.78 is 16.2. The highest BCUT2D eigenvalue weighted by molar-refractivity contribution is 7.80. The van der Waals surface area contributed by atoms with Gasteiger partial charge in [0.15, 0.2) is 5.11 Å². The predicted octanol–water partition coefficient (Wildman–Crippen LogP) is 5.80. The van der Waals surface area contributed by atoms with E-state index in [1.54, 1.807) is 55.6 Å². The van der Waals surface area contributed by atoms with Gasteiger partial charge in [-0.25, -0.2) is 0 Å². The Kier molecular flexibility index (Phi) is 7.57. The fourth-order valence-electron chi connectivity index (χ4n) is 2.65. The van der Waals surface area contributed by atoms with Crippen molar-refractivity contribution in [3.05, 3.63) is 70.4 Å². The lowest BCUT2D eigenvalue weighted by Crippen LogP contribution is -2.32. The average Bonchev–Trinajstić information content (AvgIpc) is 3.20. The summed E-state index contributed by atoms with van der Waals surface area (Å²) in [6, 6.07) is 13.8. The molecule has 0 unspecified atom stereocenters. The van der Waals surface area contributed by atoms with Crippen LogP contribution in [0.1, 0.15) is 5.76 Å². The van der Waals surface area contributed by atoms with Crippen LogP contribution in [-0.2, 0) is 4.79 Å². The zero-order chi connectivity index (χ0) is 22.4. The van der Waals surface area contributed by atoms with Gasteiger partial charge in [-0.3, -0.25) is 10.1 Å². The molecule has 0 fully saturated rings. The lowest BCUT2D eigenvalue weighted by molar-refractivity contribution is -0.115. The highest BCUT2D eigenvalue weighted by Crippen LogP contribution is 2.32. The quantitative estimate of drug-likeness (QED) is 0.346. The van der Waals surface area contributed by atoms with Crippen LogP contribution in [0.3, 0.4) is 0 Å². The molecule has 0 radical (unpaired) electrons. The van der Waals surface area contributed by atoms with Crippen LogP contribution in [0.4, 0.5) is 5.69 Å². The van der Waals surface area contributed by atoms with Gasteiger partial charge in [0.2, 0.25) is 5.91 Å². The zero-order valence-corrected chi connectivity index (χ0v) is 18.9. The van der Waals surface area contributed by atoms with Crippen molar-refractivity contribution >= 4 is 58.2 Å². The number of ether oxygens (including phenoxy) is 2. The van der Waals surface area contributed by atoms with Crippen molar-refractivity contribution in [2.45, 2.75) is 0 Å². The van der Waals surface area contributed by atoms with E-state index in [9.17, 15) is 4.79 Å². The molecule has 9 heteroatoms. The number of benzene rings is 2. The van der Waals surface area contributed by atoms with Gasteiger partial charge in [0.05, 0.1) is 24.9 Å². The molecule has 0 spiro atoms. The highest BCUT2D eigenvalue weighted by atomic mass is 35.5. The summed E-state index contributed by atoms with van der Waals surface area (Å²) in [5, 5.41) is 6.59. The molecule has 0 bridgehead atoms. The van der Waals surface area contributed by atoms with Crippen LogP contribution < -0.4 is 20.1 Å². The fraction of sp³-hybridized carbons (Fsp3) is 0.0909. The maximum atomic E-state index is 12.2. The zero-order valence-electron chi connectivity index (χ0n) is 16.6. The largest absolute Gasteiger partial charge is 0.497 e. The van der Waals surface area contributed by atoms with Gasteiger partial charge >= 0.3 is 0 Å². The fourth-order valence-corrected chi connectivity index (χ4v) is 3.37. The van der Waals surface area contributed by atoms with E-state index in [1.165, 1.54) is 19.3 Å². The molecule has 0 saturated heterocycles. The minimum Gasteiger partial charge on any atom is -0.497 e. The second-order valence-corrected chi connectivity index (χ2v) is 7.42. The predicted molar refractivity (Wildman–Crippen MR) is 127 cm³/mol. The van der Waals surface area contributed by atoms with Crippen molar-refractivity contribution in [3.8, 4) is 22.8 Å². The summed E-state index contributed by atoms with van der Waals surface area (Å²) in [6.45, 7) is 0. The smallest absolute Gasteiger partial charge is 0.250 e. The maximum absolute atomic E-state index is 12.2. The first-order valence-corrected chi connectivity index (χ1v) is 10.1. The molecule has 160 valence electrons. The molecule has 0 saturated carbocycles. The van der Waals surface area contributed by atoms with Crippen LogP contribution in [0.25, 0.3) is 17.4 Å². The molecule has 0 atom stereocenters. The second-order valence-electron chi connectivity index (χ2n) is 6.17. The van der Waals surface area contributed by atoms with Crippen molar-refractivity contribution < 1.29 is 18.7 Å². The number of hydrogen-bond acceptors (Lipinski definition) is 5. The first-order valence-electron chi connectivity index (χ1n) is 8.97. The number of carbonyl (C=O) groups is 1. The summed E-state index contributed by atoms with van der Waals surface area (Å²) in [5.41, 5.74) is 1.26. The van der Waals surface area contributed by atoms with E-state index in [2.05, 4.69) is 10.6 Å². The summed E-state index contributed by atoms with van der Waals surface area (Å²) in [7, 11) is 3.09. The Labute approximate surface area is 194 Å². The lowest BCUT2D eigenvalue weighted by atomic mass is 10.2. The Morgan fingerprint density at radius 3 is 2.58 bits per heavy atom. The van der Waals surface area contributed by atoms with Gasteiger partial charge < -0.3 is 19.2 Å². The van der Waals surface area contributed by atoms with Gasteiger partial charge in [0, 0.05) is 22.7 Å². The standard InChI is InChI=1S/C22H18Cl2N2O4S/c1-28-15-5-9-20(29-2)18(12-15)25-22(31)26-21(27)10-6-14-4-8-19(30-14)16-7-3-13(23)11-17(16)24/h3-12H,1-2H3,(H2,25,26,27,31)/b10-6+. The summed E-state index contributed by atoms with van der Waals surface area (Å²) in [4.78, 5) is 12.2. The molecule has 1 heterocycles. The third kappa shape index (κ3) is 6.01. The maximum Gasteiger partial charge on any atom is 0.250 e. The van der Waals surface area contributed by atoms with Gasteiger partial charge in [-0.1, -0.05) is 23.2 Å². The van der Waals surface area contributed by atoms with E-state index in [0.717, 1.165) is 0 Å².